The van der Waals surface area contributed by atoms with E-state index < -0.39 is 0 Å². The molecule has 0 saturated heterocycles. The zero-order valence-corrected chi connectivity index (χ0v) is 13.7. The van der Waals surface area contributed by atoms with E-state index in [0.717, 1.165) is 34.2 Å². The number of aryl methyl sites for hydroxylation is 1. The van der Waals surface area contributed by atoms with Gasteiger partial charge in [0.25, 0.3) is 0 Å². The van der Waals surface area contributed by atoms with Gasteiger partial charge in [-0.1, -0.05) is 37.0 Å². The van der Waals surface area contributed by atoms with Crippen LogP contribution in [0, 0.1) is 13.8 Å². The number of nitrogens with one attached hydrogen (secondary N) is 1. The Morgan fingerprint density at radius 2 is 1.95 bits per heavy atom. The quantitative estimate of drug-likeness (QED) is 0.912. The molecule has 0 spiro atoms. The molecule has 1 heterocycles. The second-order valence-electron chi connectivity index (χ2n) is 5.21. The molecular formula is C15H19Cl2N3. The number of nitrogens with zero attached hydrogens (tertiary/aromatic N) is 2. The van der Waals surface area contributed by atoms with Gasteiger partial charge < -0.3 is 5.32 Å². The number of hydrogen-bond acceptors (Lipinski definition) is 2. The summed E-state index contributed by atoms with van der Waals surface area (Å²) in [4.78, 5) is 0. The topological polar surface area (TPSA) is 29.9 Å². The van der Waals surface area contributed by atoms with Crippen LogP contribution in [0.15, 0.2) is 18.2 Å². The lowest BCUT2D eigenvalue weighted by atomic mass is 10.1. The van der Waals surface area contributed by atoms with E-state index in [2.05, 4.69) is 24.3 Å². The highest BCUT2D eigenvalue weighted by Gasteiger charge is 2.14. The molecule has 0 saturated carbocycles. The van der Waals surface area contributed by atoms with Crippen molar-refractivity contribution in [2.24, 2.45) is 0 Å². The fraction of sp³-hybridized carbons (Fsp3) is 0.400. The average Bonchev–Trinajstić information content (AvgIpc) is 2.64. The molecule has 2 aromatic rings. The van der Waals surface area contributed by atoms with Gasteiger partial charge in [-0.3, -0.25) is 0 Å². The van der Waals surface area contributed by atoms with E-state index in [1.807, 2.05) is 36.7 Å². The fourth-order valence-electron chi connectivity index (χ4n) is 2.07. The Hall–Kier alpha value is -1.03. The third kappa shape index (κ3) is 3.17. The lowest BCUT2D eigenvalue weighted by molar-refractivity contribution is 0.586. The number of halogens is 2. The Morgan fingerprint density at radius 3 is 2.50 bits per heavy atom. The van der Waals surface area contributed by atoms with Gasteiger partial charge >= 0.3 is 0 Å². The lowest BCUT2D eigenvalue weighted by Gasteiger charge is -2.14. The summed E-state index contributed by atoms with van der Waals surface area (Å²) in [5, 5.41) is 9.35. The molecule has 1 aromatic carbocycles. The second kappa shape index (κ2) is 6.17. The van der Waals surface area contributed by atoms with E-state index in [1.165, 1.54) is 0 Å². The van der Waals surface area contributed by atoms with Crippen molar-refractivity contribution in [1.29, 1.82) is 0 Å². The van der Waals surface area contributed by atoms with Crippen LogP contribution in [-0.4, -0.2) is 15.8 Å². The van der Waals surface area contributed by atoms with Gasteiger partial charge in [0.15, 0.2) is 0 Å². The van der Waals surface area contributed by atoms with E-state index in [0.29, 0.717) is 11.1 Å². The molecule has 0 aliphatic rings. The molecule has 108 valence electrons. The van der Waals surface area contributed by atoms with Crippen molar-refractivity contribution in [3.63, 3.8) is 0 Å². The zero-order chi connectivity index (χ0) is 14.9. The molecular weight excluding hydrogens is 293 g/mol. The highest BCUT2D eigenvalue weighted by atomic mass is 35.5. The van der Waals surface area contributed by atoms with Gasteiger partial charge in [-0.05, 0) is 37.6 Å². The molecule has 0 radical (unpaired) electrons. The molecule has 2 rings (SSSR count). The van der Waals surface area contributed by atoms with Crippen LogP contribution in [-0.2, 0) is 6.54 Å². The number of benzene rings is 1. The molecule has 5 heteroatoms. The third-order valence-electron chi connectivity index (χ3n) is 3.17. The minimum atomic E-state index is 0.408. The minimum Gasteiger partial charge on any atom is -0.310 e. The highest BCUT2D eigenvalue weighted by molar-refractivity contribution is 6.32. The van der Waals surface area contributed by atoms with Crippen LogP contribution in [0.25, 0.3) is 5.69 Å². The number of rotatable bonds is 4. The second-order valence-corrected chi connectivity index (χ2v) is 6.02. The van der Waals surface area contributed by atoms with Crippen molar-refractivity contribution in [2.75, 3.05) is 0 Å². The van der Waals surface area contributed by atoms with Crippen molar-refractivity contribution >= 4 is 23.2 Å². The van der Waals surface area contributed by atoms with Crippen molar-refractivity contribution < 1.29 is 0 Å². The summed E-state index contributed by atoms with van der Waals surface area (Å²) in [6.45, 7) is 8.85. The summed E-state index contributed by atoms with van der Waals surface area (Å²) in [6, 6.07) is 6.23. The van der Waals surface area contributed by atoms with Gasteiger partial charge in [-0.2, -0.15) is 5.10 Å². The molecule has 0 amide bonds. The predicted octanol–water partition coefficient (Wildman–Crippen LogP) is 4.29. The molecule has 1 aromatic heterocycles. The molecule has 0 aliphatic carbocycles. The average molecular weight is 312 g/mol. The maximum Gasteiger partial charge on any atom is 0.0848 e. The number of aromatic nitrogens is 2. The molecule has 0 bridgehead atoms. The standard InChI is InChI=1S/C15H19Cl2N3/c1-9(2)18-8-12-7-13(16)5-6-14(12)20-11(4)15(17)10(3)19-20/h5-7,9,18H,8H2,1-4H3. The summed E-state index contributed by atoms with van der Waals surface area (Å²) < 4.78 is 1.88. The summed E-state index contributed by atoms with van der Waals surface area (Å²) in [5.74, 6) is 0. The monoisotopic (exact) mass is 311 g/mol. The highest BCUT2D eigenvalue weighted by Crippen LogP contribution is 2.26. The van der Waals surface area contributed by atoms with Gasteiger partial charge in [0, 0.05) is 17.6 Å². The van der Waals surface area contributed by atoms with Gasteiger partial charge in [-0.25, -0.2) is 4.68 Å². The number of hydrogen-bond donors (Lipinski definition) is 1. The normalized spacial score (nSPS) is 11.3. The van der Waals surface area contributed by atoms with Gasteiger partial charge in [0.1, 0.15) is 0 Å². The Labute approximate surface area is 129 Å². The van der Waals surface area contributed by atoms with Gasteiger partial charge in [0.05, 0.1) is 22.1 Å². The van der Waals surface area contributed by atoms with Crippen molar-refractivity contribution in [3.8, 4) is 5.69 Å². The molecule has 20 heavy (non-hydrogen) atoms. The van der Waals surface area contributed by atoms with Crippen LogP contribution in [0.1, 0.15) is 30.8 Å². The first-order chi connectivity index (χ1) is 9.40. The lowest BCUT2D eigenvalue weighted by Crippen LogP contribution is -2.23. The fourth-order valence-corrected chi connectivity index (χ4v) is 2.39. The van der Waals surface area contributed by atoms with Crippen molar-refractivity contribution in [1.82, 2.24) is 15.1 Å². The van der Waals surface area contributed by atoms with E-state index >= 15 is 0 Å². The van der Waals surface area contributed by atoms with E-state index in [4.69, 9.17) is 23.2 Å². The van der Waals surface area contributed by atoms with Crippen molar-refractivity contribution in [3.05, 3.63) is 45.2 Å². The first kappa shape index (κ1) is 15.4. The summed E-state index contributed by atoms with van der Waals surface area (Å²) in [6.07, 6.45) is 0. The summed E-state index contributed by atoms with van der Waals surface area (Å²) in [7, 11) is 0. The molecule has 0 unspecified atom stereocenters. The van der Waals surface area contributed by atoms with E-state index in [-0.39, 0.29) is 0 Å². The first-order valence-corrected chi connectivity index (χ1v) is 7.39. The van der Waals surface area contributed by atoms with Gasteiger partial charge in [0.2, 0.25) is 0 Å². The van der Waals surface area contributed by atoms with Crippen LogP contribution in [0.3, 0.4) is 0 Å². The van der Waals surface area contributed by atoms with Gasteiger partial charge in [-0.15, -0.1) is 0 Å². The molecule has 1 N–H and O–H groups in total. The van der Waals surface area contributed by atoms with Crippen LogP contribution in [0.4, 0.5) is 0 Å². The molecule has 3 nitrogen and oxygen atoms in total. The van der Waals surface area contributed by atoms with Crippen LogP contribution in [0.2, 0.25) is 10.0 Å². The maximum absolute atomic E-state index is 6.23. The summed E-state index contributed by atoms with van der Waals surface area (Å²) >= 11 is 12.3. The third-order valence-corrected chi connectivity index (χ3v) is 3.96. The smallest absolute Gasteiger partial charge is 0.0848 e. The predicted molar refractivity (Wildman–Crippen MR) is 85.0 cm³/mol. The Balaban J connectivity index is 2.47. The van der Waals surface area contributed by atoms with Crippen LogP contribution in [0.5, 0.6) is 0 Å². The largest absolute Gasteiger partial charge is 0.310 e. The van der Waals surface area contributed by atoms with Crippen molar-refractivity contribution in [2.45, 2.75) is 40.3 Å². The Kier molecular flexibility index (Phi) is 4.74. The SMILES string of the molecule is Cc1nn(-c2ccc(Cl)cc2CNC(C)C)c(C)c1Cl. The van der Waals surface area contributed by atoms with Crippen LogP contribution >= 0.6 is 23.2 Å². The Morgan fingerprint density at radius 1 is 1.25 bits per heavy atom. The van der Waals surface area contributed by atoms with E-state index in [1.54, 1.807) is 0 Å². The molecule has 0 fully saturated rings. The summed E-state index contributed by atoms with van der Waals surface area (Å²) in [5.41, 5.74) is 3.89. The first-order valence-electron chi connectivity index (χ1n) is 6.64. The van der Waals surface area contributed by atoms with Crippen LogP contribution < -0.4 is 5.32 Å². The minimum absolute atomic E-state index is 0.408. The molecule has 0 atom stereocenters. The maximum atomic E-state index is 6.23. The molecule has 0 aliphatic heterocycles. The Bertz CT molecular complexity index is 618. The zero-order valence-electron chi connectivity index (χ0n) is 12.2. The van der Waals surface area contributed by atoms with E-state index in [9.17, 15) is 0 Å².